The number of aliphatic hydroxyl groups excluding tert-OH is 1. The van der Waals surface area contributed by atoms with Crippen LogP contribution in [0.2, 0.25) is 0 Å². The van der Waals surface area contributed by atoms with E-state index >= 15 is 0 Å². The topological polar surface area (TPSA) is 114 Å². The van der Waals surface area contributed by atoms with Crippen LogP contribution < -0.4 is 5.32 Å². The maximum Gasteiger partial charge on any atom is 0.408 e. The third-order valence-corrected chi connectivity index (χ3v) is 4.63. The first-order chi connectivity index (χ1) is 14.0. The Morgan fingerprint density at radius 2 is 2.00 bits per heavy atom. The molecule has 9 heteroatoms. The number of likely N-dealkylation sites (tertiary alicyclic amines) is 1. The minimum absolute atomic E-state index is 0.0298. The molecule has 1 aliphatic heterocycles. The number of aliphatic hydroxyl groups is 1. The first-order valence-corrected chi connectivity index (χ1v) is 10.3. The Morgan fingerprint density at radius 3 is 2.53 bits per heavy atom. The van der Waals surface area contributed by atoms with Gasteiger partial charge in [0.1, 0.15) is 17.7 Å². The molecule has 9 nitrogen and oxygen atoms in total. The van der Waals surface area contributed by atoms with E-state index in [1.807, 2.05) is 6.92 Å². The number of carbonyl (C=O) groups excluding carboxylic acids is 3. The Hall–Kier alpha value is -2.13. The van der Waals surface area contributed by atoms with E-state index in [1.54, 1.807) is 26.8 Å². The maximum atomic E-state index is 13.4. The number of hydrogen-bond acceptors (Lipinski definition) is 7. The number of rotatable bonds is 10. The summed E-state index contributed by atoms with van der Waals surface area (Å²) in [5.74, 6) is -1.14. The lowest BCUT2D eigenvalue weighted by Crippen LogP contribution is -2.57. The number of ether oxygens (including phenoxy) is 3. The van der Waals surface area contributed by atoms with Gasteiger partial charge in [0.2, 0.25) is 5.91 Å². The minimum atomic E-state index is -1.08. The molecule has 0 bridgehead atoms. The Morgan fingerprint density at radius 1 is 1.33 bits per heavy atom. The number of β-amino-alcohol motifs (C(OH)–C–C–N with tert-alkyl or cyclic N) is 1. The van der Waals surface area contributed by atoms with E-state index in [9.17, 15) is 19.5 Å². The molecular formula is C21H36N2O7. The van der Waals surface area contributed by atoms with Crippen molar-refractivity contribution in [3.8, 4) is 0 Å². The van der Waals surface area contributed by atoms with Crippen molar-refractivity contribution < 1.29 is 33.7 Å². The average molecular weight is 429 g/mol. The lowest BCUT2D eigenvalue weighted by molar-refractivity contribution is -0.153. The van der Waals surface area contributed by atoms with Gasteiger partial charge in [0.05, 0.1) is 19.3 Å². The Kier molecular flexibility index (Phi) is 10.3. The monoisotopic (exact) mass is 428 g/mol. The standard InChI is InChI=1S/C21H36N2O7/c1-7-9-10-11-29-16(8-2)17(22-20(27)30-21(3,4)5)18(25)23-13-14(24)12-15(23)19(26)28-6/h7,14-17,24H,1,8-13H2,2-6H3,(H,22,27)/t14-,15+,16?,17?/m1/s1. The van der Waals surface area contributed by atoms with Crippen LogP contribution in [0.4, 0.5) is 4.79 Å². The number of carbonyl (C=O) groups is 3. The molecule has 0 aromatic carbocycles. The van der Waals surface area contributed by atoms with Gasteiger partial charge in [0.25, 0.3) is 0 Å². The van der Waals surface area contributed by atoms with Crippen LogP contribution in [-0.4, -0.2) is 78.1 Å². The highest BCUT2D eigenvalue weighted by Crippen LogP contribution is 2.22. The zero-order valence-electron chi connectivity index (χ0n) is 18.7. The Balaban J connectivity index is 3.06. The summed E-state index contributed by atoms with van der Waals surface area (Å²) in [6, 6.07) is -2.00. The molecule has 0 aromatic heterocycles. The molecule has 0 spiro atoms. The van der Waals surface area contributed by atoms with E-state index in [0.717, 1.165) is 12.8 Å². The molecule has 0 aromatic rings. The summed E-state index contributed by atoms with van der Waals surface area (Å²) in [7, 11) is 1.23. The zero-order chi connectivity index (χ0) is 22.9. The van der Waals surface area contributed by atoms with Crippen molar-refractivity contribution in [2.45, 2.75) is 83.3 Å². The maximum absolute atomic E-state index is 13.4. The molecule has 1 rings (SSSR count). The van der Waals surface area contributed by atoms with E-state index in [2.05, 4.69) is 11.9 Å². The van der Waals surface area contributed by atoms with Gasteiger partial charge in [-0.2, -0.15) is 0 Å². The van der Waals surface area contributed by atoms with Crippen molar-refractivity contribution in [3.05, 3.63) is 12.7 Å². The third kappa shape index (κ3) is 7.95. The highest BCUT2D eigenvalue weighted by atomic mass is 16.6. The van der Waals surface area contributed by atoms with Gasteiger partial charge in [-0.15, -0.1) is 6.58 Å². The SMILES string of the molecule is C=CCCCOC(CC)C(NC(=O)OC(C)(C)C)C(=O)N1C[C@H](O)C[C@H]1C(=O)OC. The molecule has 1 aliphatic rings. The number of allylic oxidation sites excluding steroid dienone is 1. The second-order valence-corrected chi connectivity index (χ2v) is 8.29. The van der Waals surface area contributed by atoms with Crippen LogP contribution >= 0.6 is 0 Å². The van der Waals surface area contributed by atoms with Crippen LogP contribution in [0.5, 0.6) is 0 Å². The minimum Gasteiger partial charge on any atom is -0.467 e. The summed E-state index contributed by atoms with van der Waals surface area (Å²) >= 11 is 0. The van der Waals surface area contributed by atoms with Crippen molar-refractivity contribution in [1.29, 1.82) is 0 Å². The van der Waals surface area contributed by atoms with Gasteiger partial charge in [0.15, 0.2) is 0 Å². The third-order valence-electron chi connectivity index (χ3n) is 4.63. The van der Waals surface area contributed by atoms with Crippen LogP contribution in [0.15, 0.2) is 12.7 Å². The Bertz CT molecular complexity index is 603. The number of unbranched alkanes of at least 4 members (excludes halogenated alkanes) is 1. The molecule has 172 valence electrons. The van der Waals surface area contributed by atoms with Gasteiger partial charge in [-0.25, -0.2) is 9.59 Å². The first kappa shape index (κ1) is 25.9. The largest absolute Gasteiger partial charge is 0.467 e. The van der Waals surface area contributed by atoms with Gasteiger partial charge >= 0.3 is 12.1 Å². The smallest absolute Gasteiger partial charge is 0.408 e. The fourth-order valence-corrected chi connectivity index (χ4v) is 3.26. The average Bonchev–Trinajstić information content (AvgIpc) is 3.06. The van der Waals surface area contributed by atoms with Gasteiger partial charge in [-0.05, 0) is 40.0 Å². The molecule has 4 atom stereocenters. The second-order valence-electron chi connectivity index (χ2n) is 8.29. The van der Waals surface area contributed by atoms with Crippen molar-refractivity contribution in [2.75, 3.05) is 20.3 Å². The predicted molar refractivity (Wildman–Crippen MR) is 111 cm³/mol. The molecule has 0 aliphatic carbocycles. The highest BCUT2D eigenvalue weighted by molar-refractivity contribution is 5.90. The van der Waals surface area contributed by atoms with Gasteiger partial charge in [-0.3, -0.25) is 4.79 Å². The summed E-state index contributed by atoms with van der Waals surface area (Å²) in [5, 5.41) is 12.6. The number of amides is 2. The van der Waals surface area contributed by atoms with Crippen LogP contribution in [0.3, 0.4) is 0 Å². The summed E-state index contributed by atoms with van der Waals surface area (Å²) in [6.45, 7) is 11.0. The normalized spacial score (nSPS) is 20.9. The summed E-state index contributed by atoms with van der Waals surface area (Å²) in [6.07, 6.45) is 1.53. The zero-order valence-corrected chi connectivity index (χ0v) is 18.7. The second kappa shape index (κ2) is 11.9. The van der Waals surface area contributed by atoms with Crippen molar-refractivity contribution >= 4 is 18.0 Å². The van der Waals surface area contributed by atoms with Crippen molar-refractivity contribution in [2.24, 2.45) is 0 Å². The van der Waals surface area contributed by atoms with Gasteiger partial charge in [-0.1, -0.05) is 13.0 Å². The van der Waals surface area contributed by atoms with Crippen LogP contribution in [-0.2, 0) is 23.8 Å². The molecule has 1 fully saturated rings. The van der Waals surface area contributed by atoms with E-state index in [0.29, 0.717) is 13.0 Å². The van der Waals surface area contributed by atoms with Crippen LogP contribution in [0.1, 0.15) is 53.4 Å². The summed E-state index contributed by atoms with van der Waals surface area (Å²) in [4.78, 5) is 39.1. The Labute approximate surface area is 178 Å². The number of alkyl carbamates (subject to hydrolysis) is 1. The molecular weight excluding hydrogens is 392 g/mol. The van der Waals surface area contributed by atoms with E-state index in [4.69, 9.17) is 14.2 Å². The van der Waals surface area contributed by atoms with E-state index < -0.39 is 47.9 Å². The molecule has 30 heavy (non-hydrogen) atoms. The molecule has 0 radical (unpaired) electrons. The quantitative estimate of drug-likeness (QED) is 0.310. The number of methoxy groups -OCH3 is 1. The highest BCUT2D eigenvalue weighted by Gasteiger charge is 2.44. The predicted octanol–water partition coefficient (Wildman–Crippen LogP) is 1.78. The fourth-order valence-electron chi connectivity index (χ4n) is 3.26. The molecule has 0 saturated carbocycles. The lowest BCUT2D eigenvalue weighted by Gasteiger charge is -2.32. The summed E-state index contributed by atoms with van der Waals surface area (Å²) in [5.41, 5.74) is -0.747. The van der Waals surface area contributed by atoms with Crippen molar-refractivity contribution in [1.82, 2.24) is 10.2 Å². The number of hydrogen-bond donors (Lipinski definition) is 2. The molecule has 1 heterocycles. The van der Waals surface area contributed by atoms with E-state index in [-0.39, 0.29) is 13.0 Å². The number of nitrogens with one attached hydrogen (secondary N) is 1. The van der Waals surface area contributed by atoms with Gasteiger partial charge < -0.3 is 29.5 Å². The van der Waals surface area contributed by atoms with Crippen LogP contribution in [0.25, 0.3) is 0 Å². The molecule has 1 saturated heterocycles. The van der Waals surface area contributed by atoms with E-state index in [1.165, 1.54) is 12.0 Å². The first-order valence-electron chi connectivity index (χ1n) is 10.3. The lowest BCUT2D eigenvalue weighted by atomic mass is 10.1. The molecule has 2 unspecified atom stereocenters. The summed E-state index contributed by atoms with van der Waals surface area (Å²) < 4.78 is 15.9. The van der Waals surface area contributed by atoms with Crippen LogP contribution in [0, 0.1) is 0 Å². The molecule has 2 amide bonds. The number of nitrogens with zero attached hydrogens (tertiary/aromatic N) is 1. The number of esters is 1. The molecule has 2 N–H and O–H groups in total. The van der Waals surface area contributed by atoms with Crippen molar-refractivity contribution in [3.63, 3.8) is 0 Å². The van der Waals surface area contributed by atoms with Gasteiger partial charge in [0, 0.05) is 19.6 Å². The fraction of sp³-hybridized carbons (Fsp3) is 0.762.